The van der Waals surface area contributed by atoms with Crippen LogP contribution in [0.5, 0.6) is 5.88 Å². The summed E-state index contributed by atoms with van der Waals surface area (Å²) < 4.78 is 75.3. The second kappa shape index (κ2) is 9.32. The van der Waals surface area contributed by atoms with Crippen molar-refractivity contribution in [1.29, 1.82) is 0 Å². The second-order valence-electron chi connectivity index (χ2n) is 7.39. The smallest absolute Gasteiger partial charge is 0.396 e. The Hall–Kier alpha value is -1.83. The largest absolute Gasteiger partial charge is 0.473 e. The van der Waals surface area contributed by atoms with Crippen molar-refractivity contribution in [1.82, 2.24) is 9.78 Å². The summed E-state index contributed by atoms with van der Waals surface area (Å²) in [6, 6.07) is 4.58. The summed E-state index contributed by atoms with van der Waals surface area (Å²) in [5.41, 5.74) is -1.21. The number of rotatable bonds is 7. The Morgan fingerprint density at radius 3 is 2.45 bits per heavy atom. The molecular weight excluding hydrogens is 415 g/mol. The van der Waals surface area contributed by atoms with Crippen molar-refractivity contribution >= 4 is 12.4 Å². The van der Waals surface area contributed by atoms with Gasteiger partial charge in [0.15, 0.2) is 0 Å². The average molecular weight is 439 g/mol. The van der Waals surface area contributed by atoms with E-state index in [2.05, 4.69) is 5.10 Å². The molecule has 1 aliphatic carbocycles. The molecule has 2 aromatic rings. The SMILES string of the molecule is CCCc1cc(OCc2cc(F)ccc2F)n(CC2(C(F)(F)F)CCCC2)n1.Cl. The van der Waals surface area contributed by atoms with E-state index in [0.717, 1.165) is 24.6 Å². The van der Waals surface area contributed by atoms with Crippen LogP contribution in [0.3, 0.4) is 0 Å². The number of alkyl halides is 3. The zero-order valence-electron chi connectivity index (χ0n) is 16.1. The molecule has 1 aromatic heterocycles. The van der Waals surface area contributed by atoms with E-state index >= 15 is 0 Å². The molecule has 0 aliphatic heterocycles. The number of ether oxygens (including phenoxy) is 1. The van der Waals surface area contributed by atoms with E-state index in [0.29, 0.717) is 25.0 Å². The molecule has 3 nitrogen and oxygen atoms in total. The molecule has 3 rings (SSSR count). The van der Waals surface area contributed by atoms with Crippen LogP contribution in [-0.4, -0.2) is 16.0 Å². The highest BCUT2D eigenvalue weighted by atomic mass is 35.5. The highest BCUT2D eigenvalue weighted by Gasteiger charge is 2.56. The molecule has 0 saturated heterocycles. The van der Waals surface area contributed by atoms with Crippen molar-refractivity contribution in [2.75, 3.05) is 0 Å². The fourth-order valence-electron chi connectivity index (χ4n) is 3.73. The van der Waals surface area contributed by atoms with Gasteiger partial charge < -0.3 is 4.74 Å². The second-order valence-corrected chi connectivity index (χ2v) is 7.39. The van der Waals surface area contributed by atoms with Gasteiger partial charge >= 0.3 is 6.18 Å². The number of benzene rings is 1. The number of nitrogens with zero attached hydrogens (tertiary/aromatic N) is 2. The normalized spacial score (nSPS) is 15.9. The van der Waals surface area contributed by atoms with Gasteiger partial charge in [0.1, 0.15) is 18.2 Å². The molecule has 0 unspecified atom stereocenters. The van der Waals surface area contributed by atoms with Crippen molar-refractivity contribution in [3.05, 3.63) is 47.2 Å². The summed E-state index contributed by atoms with van der Waals surface area (Å²) in [6.45, 7) is 1.32. The van der Waals surface area contributed by atoms with Crippen LogP contribution >= 0.6 is 12.4 Å². The number of aryl methyl sites for hydroxylation is 1. The molecule has 0 bridgehead atoms. The lowest BCUT2D eigenvalue weighted by molar-refractivity contribution is -0.228. The molecule has 0 radical (unpaired) electrons. The maximum Gasteiger partial charge on any atom is 0.396 e. The first-order chi connectivity index (χ1) is 13.2. The Morgan fingerprint density at radius 1 is 1.14 bits per heavy atom. The molecule has 29 heavy (non-hydrogen) atoms. The highest BCUT2D eigenvalue weighted by Crippen LogP contribution is 2.51. The summed E-state index contributed by atoms with van der Waals surface area (Å²) in [5, 5.41) is 4.30. The Labute approximate surface area is 172 Å². The molecule has 1 heterocycles. The Balaban J connectivity index is 0.00000300. The van der Waals surface area contributed by atoms with Crippen LogP contribution in [0.25, 0.3) is 0 Å². The van der Waals surface area contributed by atoms with Gasteiger partial charge in [-0.15, -0.1) is 12.4 Å². The van der Waals surface area contributed by atoms with E-state index < -0.39 is 23.2 Å². The Morgan fingerprint density at radius 2 is 1.83 bits per heavy atom. The van der Waals surface area contributed by atoms with Crippen LogP contribution in [-0.2, 0) is 19.6 Å². The van der Waals surface area contributed by atoms with Crippen LogP contribution in [0, 0.1) is 17.0 Å². The van der Waals surface area contributed by atoms with Gasteiger partial charge in [-0.05, 0) is 37.5 Å². The van der Waals surface area contributed by atoms with Crippen LogP contribution < -0.4 is 4.74 Å². The van der Waals surface area contributed by atoms with E-state index in [1.54, 1.807) is 6.07 Å². The Bertz CT molecular complexity index is 816. The summed E-state index contributed by atoms with van der Waals surface area (Å²) in [7, 11) is 0. The quantitative estimate of drug-likeness (QED) is 0.478. The average Bonchev–Trinajstić information content (AvgIpc) is 3.24. The minimum absolute atomic E-state index is 0. The molecule has 1 saturated carbocycles. The van der Waals surface area contributed by atoms with Gasteiger partial charge in [-0.3, -0.25) is 0 Å². The molecule has 162 valence electrons. The molecule has 0 amide bonds. The predicted octanol–water partition coefficient (Wildman–Crippen LogP) is 6.24. The van der Waals surface area contributed by atoms with Crippen molar-refractivity contribution < 1.29 is 26.7 Å². The first-order valence-corrected chi connectivity index (χ1v) is 9.44. The lowest BCUT2D eigenvalue weighted by atomic mass is 9.85. The van der Waals surface area contributed by atoms with E-state index in [1.807, 2.05) is 6.92 Å². The monoisotopic (exact) mass is 438 g/mol. The minimum atomic E-state index is -4.34. The number of aromatic nitrogens is 2. The first-order valence-electron chi connectivity index (χ1n) is 9.44. The lowest BCUT2D eigenvalue weighted by Gasteiger charge is -2.31. The highest BCUT2D eigenvalue weighted by molar-refractivity contribution is 5.85. The van der Waals surface area contributed by atoms with Crippen molar-refractivity contribution in [3.63, 3.8) is 0 Å². The molecule has 1 aliphatic rings. The maximum atomic E-state index is 13.8. The topological polar surface area (TPSA) is 27.1 Å². The third-order valence-corrected chi connectivity index (χ3v) is 5.30. The number of halogens is 6. The van der Waals surface area contributed by atoms with E-state index in [4.69, 9.17) is 4.74 Å². The summed E-state index contributed by atoms with van der Waals surface area (Å²) in [5.74, 6) is -1.10. The summed E-state index contributed by atoms with van der Waals surface area (Å²) >= 11 is 0. The lowest BCUT2D eigenvalue weighted by Crippen LogP contribution is -2.39. The van der Waals surface area contributed by atoms with Crippen LogP contribution in [0.2, 0.25) is 0 Å². The summed E-state index contributed by atoms with van der Waals surface area (Å²) in [6.07, 6.45) is -1.82. The van der Waals surface area contributed by atoms with Gasteiger partial charge in [-0.1, -0.05) is 26.2 Å². The van der Waals surface area contributed by atoms with Gasteiger partial charge in [0, 0.05) is 11.6 Å². The first kappa shape index (κ1) is 23.4. The molecule has 0 N–H and O–H groups in total. The van der Waals surface area contributed by atoms with Crippen molar-refractivity contribution in [3.8, 4) is 5.88 Å². The van der Waals surface area contributed by atoms with Gasteiger partial charge in [-0.25, -0.2) is 13.5 Å². The molecule has 9 heteroatoms. The van der Waals surface area contributed by atoms with Gasteiger partial charge in [-0.2, -0.15) is 18.3 Å². The fraction of sp³-hybridized carbons (Fsp3) is 0.550. The number of hydrogen-bond acceptors (Lipinski definition) is 2. The van der Waals surface area contributed by atoms with E-state index in [1.165, 1.54) is 4.68 Å². The maximum absolute atomic E-state index is 13.8. The molecule has 0 spiro atoms. The van der Waals surface area contributed by atoms with E-state index in [-0.39, 0.29) is 49.8 Å². The standard InChI is InChI=1S/C20H23F5N2O.ClH/c1-2-5-16-11-18(28-12-14-10-15(21)6-7-17(14)22)27(26-16)13-19(20(23,24)25)8-3-4-9-19;/h6-7,10-11H,2-5,8-9,12-13H2,1H3;1H. The van der Waals surface area contributed by atoms with Gasteiger partial charge in [0.05, 0.1) is 17.7 Å². The molecule has 1 fully saturated rings. The van der Waals surface area contributed by atoms with Crippen molar-refractivity contribution in [2.45, 2.75) is 64.8 Å². The molecule has 1 aromatic carbocycles. The van der Waals surface area contributed by atoms with Crippen LogP contribution in [0.1, 0.15) is 50.3 Å². The van der Waals surface area contributed by atoms with Crippen molar-refractivity contribution in [2.24, 2.45) is 5.41 Å². The third-order valence-electron chi connectivity index (χ3n) is 5.30. The van der Waals surface area contributed by atoms with Gasteiger partial charge in [0.25, 0.3) is 0 Å². The zero-order valence-corrected chi connectivity index (χ0v) is 16.9. The predicted molar refractivity (Wildman–Crippen MR) is 101 cm³/mol. The number of hydrogen-bond donors (Lipinski definition) is 0. The summed E-state index contributed by atoms with van der Waals surface area (Å²) in [4.78, 5) is 0. The third kappa shape index (κ3) is 5.21. The molecular formula is C20H24ClF5N2O. The van der Waals surface area contributed by atoms with Gasteiger partial charge in [0.2, 0.25) is 5.88 Å². The zero-order chi connectivity index (χ0) is 20.4. The minimum Gasteiger partial charge on any atom is -0.473 e. The van der Waals surface area contributed by atoms with Crippen LogP contribution in [0.15, 0.2) is 24.3 Å². The van der Waals surface area contributed by atoms with E-state index in [9.17, 15) is 22.0 Å². The van der Waals surface area contributed by atoms with Crippen LogP contribution in [0.4, 0.5) is 22.0 Å². The fourth-order valence-corrected chi connectivity index (χ4v) is 3.73. The Kier molecular flexibility index (Phi) is 7.54. The molecule has 0 atom stereocenters.